The summed E-state index contributed by atoms with van der Waals surface area (Å²) in [6.07, 6.45) is 1.52. The number of benzene rings is 2. The Labute approximate surface area is 128 Å². The van der Waals surface area contributed by atoms with E-state index in [9.17, 15) is 4.79 Å². The number of hydrazone groups is 1. The summed E-state index contributed by atoms with van der Waals surface area (Å²) >= 11 is 5.85. The predicted molar refractivity (Wildman–Crippen MR) is 83.9 cm³/mol. The van der Waals surface area contributed by atoms with Gasteiger partial charge in [-0.3, -0.25) is 4.79 Å². The van der Waals surface area contributed by atoms with Crippen molar-refractivity contribution in [1.29, 1.82) is 0 Å². The highest BCUT2D eigenvalue weighted by molar-refractivity contribution is 6.30. The Morgan fingerprint density at radius 3 is 2.86 bits per heavy atom. The lowest BCUT2D eigenvalue weighted by Gasteiger charge is -2.05. The largest absolute Gasteiger partial charge is 0.484 e. The van der Waals surface area contributed by atoms with Crippen LogP contribution in [-0.4, -0.2) is 18.7 Å². The third-order valence-corrected chi connectivity index (χ3v) is 2.85. The Bertz CT molecular complexity index is 656. The first-order valence-electron chi connectivity index (χ1n) is 6.40. The minimum Gasteiger partial charge on any atom is -0.484 e. The number of carbonyl (C=O) groups excluding carboxylic acids is 1. The molecule has 0 spiro atoms. The Kier molecular flexibility index (Phi) is 5.35. The molecule has 0 bridgehead atoms. The SMILES string of the molecule is Cc1cccc(OCC(=O)NN=Cc2cccc(Cl)c2)c1. The lowest BCUT2D eigenvalue weighted by molar-refractivity contribution is -0.123. The van der Waals surface area contributed by atoms with E-state index in [4.69, 9.17) is 16.3 Å². The molecule has 0 radical (unpaired) electrons. The lowest BCUT2D eigenvalue weighted by Crippen LogP contribution is -2.24. The van der Waals surface area contributed by atoms with Crippen molar-refractivity contribution >= 4 is 23.7 Å². The average Bonchev–Trinajstić information content (AvgIpc) is 2.45. The first-order valence-corrected chi connectivity index (χ1v) is 6.78. The number of hydrogen-bond donors (Lipinski definition) is 1. The first-order chi connectivity index (χ1) is 10.1. The Hall–Kier alpha value is -2.33. The third kappa shape index (κ3) is 5.28. The molecule has 2 rings (SSSR count). The molecule has 0 aliphatic heterocycles. The Balaban J connectivity index is 1.80. The summed E-state index contributed by atoms with van der Waals surface area (Å²) in [6.45, 7) is 1.87. The van der Waals surface area contributed by atoms with Crippen LogP contribution in [0.4, 0.5) is 0 Å². The van der Waals surface area contributed by atoms with Crippen molar-refractivity contribution in [2.45, 2.75) is 6.92 Å². The lowest BCUT2D eigenvalue weighted by atomic mass is 10.2. The fourth-order valence-electron chi connectivity index (χ4n) is 1.65. The molecule has 1 N–H and O–H groups in total. The Morgan fingerprint density at radius 2 is 2.10 bits per heavy atom. The molecule has 0 atom stereocenters. The minimum absolute atomic E-state index is 0.0870. The molecule has 0 aliphatic rings. The number of aryl methyl sites for hydroxylation is 1. The second-order valence-corrected chi connectivity index (χ2v) is 4.89. The standard InChI is InChI=1S/C16H15ClN2O2/c1-12-4-2-7-15(8-12)21-11-16(20)19-18-10-13-5-3-6-14(17)9-13/h2-10H,11H2,1H3,(H,19,20). The van der Waals surface area contributed by atoms with Crippen LogP contribution in [0.2, 0.25) is 5.02 Å². The summed E-state index contributed by atoms with van der Waals surface area (Å²) in [5.74, 6) is 0.332. The van der Waals surface area contributed by atoms with Crippen molar-refractivity contribution in [3.63, 3.8) is 0 Å². The number of ether oxygens (including phenoxy) is 1. The normalized spacial score (nSPS) is 10.6. The quantitative estimate of drug-likeness (QED) is 0.681. The van der Waals surface area contributed by atoms with E-state index in [1.54, 1.807) is 18.2 Å². The van der Waals surface area contributed by atoms with Crippen LogP contribution in [0.3, 0.4) is 0 Å². The molecule has 0 saturated heterocycles. The molecule has 108 valence electrons. The number of hydrogen-bond acceptors (Lipinski definition) is 3. The van der Waals surface area contributed by atoms with Gasteiger partial charge in [-0.2, -0.15) is 5.10 Å². The van der Waals surface area contributed by atoms with Crippen LogP contribution in [0.15, 0.2) is 53.6 Å². The second kappa shape index (κ2) is 7.45. The van der Waals surface area contributed by atoms with Gasteiger partial charge in [0.2, 0.25) is 0 Å². The average molecular weight is 303 g/mol. The van der Waals surface area contributed by atoms with Crippen LogP contribution in [0.25, 0.3) is 0 Å². The number of nitrogens with one attached hydrogen (secondary N) is 1. The topological polar surface area (TPSA) is 50.7 Å². The molecule has 0 heterocycles. The molecule has 4 nitrogen and oxygen atoms in total. The maximum Gasteiger partial charge on any atom is 0.277 e. The van der Waals surface area contributed by atoms with Gasteiger partial charge in [-0.05, 0) is 42.3 Å². The second-order valence-electron chi connectivity index (χ2n) is 4.45. The molecule has 2 aromatic rings. The molecule has 0 aromatic heterocycles. The summed E-state index contributed by atoms with van der Waals surface area (Å²) in [7, 11) is 0. The highest BCUT2D eigenvalue weighted by atomic mass is 35.5. The van der Waals surface area contributed by atoms with Crippen molar-refractivity contribution in [3.8, 4) is 5.75 Å². The van der Waals surface area contributed by atoms with Crippen LogP contribution in [0.1, 0.15) is 11.1 Å². The molecule has 21 heavy (non-hydrogen) atoms. The van der Waals surface area contributed by atoms with E-state index in [-0.39, 0.29) is 12.5 Å². The first kappa shape index (κ1) is 15.1. The number of carbonyl (C=O) groups is 1. The van der Waals surface area contributed by atoms with Gasteiger partial charge in [0.05, 0.1) is 6.21 Å². The highest BCUT2D eigenvalue weighted by Crippen LogP contribution is 2.12. The Morgan fingerprint density at radius 1 is 1.29 bits per heavy atom. The van der Waals surface area contributed by atoms with Gasteiger partial charge in [0, 0.05) is 5.02 Å². The molecule has 0 aliphatic carbocycles. The predicted octanol–water partition coefficient (Wildman–Crippen LogP) is 3.18. The van der Waals surface area contributed by atoms with Crippen LogP contribution >= 0.6 is 11.6 Å². The van der Waals surface area contributed by atoms with Crippen LogP contribution in [-0.2, 0) is 4.79 Å². The third-order valence-electron chi connectivity index (χ3n) is 2.61. The molecule has 5 heteroatoms. The summed E-state index contributed by atoms with van der Waals surface area (Å²) in [5.41, 5.74) is 4.28. The molecular formula is C16H15ClN2O2. The number of nitrogens with zero attached hydrogens (tertiary/aromatic N) is 1. The van der Waals surface area contributed by atoms with Gasteiger partial charge in [-0.15, -0.1) is 0 Å². The zero-order valence-electron chi connectivity index (χ0n) is 11.5. The van der Waals surface area contributed by atoms with Crippen molar-refractivity contribution in [1.82, 2.24) is 5.43 Å². The molecular weight excluding hydrogens is 288 g/mol. The van der Waals surface area contributed by atoms with Crippen LogP contribution in [0.5, 0.6) is 5.75 Å². The van der Waals surface area contributed by atoms with Crippen molar-refractivity contribution < 1.29 is 9.53 Å². The molecule has 2 aromatic carbocycles. The van der Waals surface area contributed by atoms with E-state index in [2.05, 4.69) is 10.5 Å². The van der Waals surface area contributed by atoms with Gasteiger partial charge in [-0.25, -0.2) is 5.43 Å². The van der Waals surface area contributed by atoms with Gasteiger partial charge in [-0.1, -0.05) is 35.9 Å². The van der Waals surface area contributed by atoms with E-state index in [1.807, 2.05) is 37.3 Å². The van der Waals surface area contributed by atoms with Crippen molar-refractivity contribution in [2.24, 2.45) is 5.10 Å². The van der Waals surface area contributed by atoms with E-state index < -0.39 is 0 Å². The maximum atomic E-state index is 11.6. The fourth-order valence-corrected chi connectivity index (χ4v) is 1.85. The van der Waals surface area contributed by atoms with Crippen molar-refractivity contribution in [3.05, 3.63) is 64.7 Å². The molecule has 0 saturated carbocycles. The zero-order valence-corrected chi connectivity index (χ0v) is 12.3. The van der Waals surface area contributed by atoms with Gasteiger partial charge in [0.1, 0.15) is 5.75 Å². The summed E-state index contributed by atoms with van der Waals surface area (Å²) in [6, 6.07) is 14.7. The monoisotopic (exact) mass is 302 g/mol. The van der Waals surface area contributed by atoms with Crippen molar-refractivity contribution in [2.75, 3.05) is 6.61 Å². The van der Waals surface area contributed by atoms with E-state index in [0.717, 1.165) is 11.1 Å². The van der Waals surface area contributed by atoms with Gasteiger partial charge in [0.25, 0.3) is 5.91 Å². The van der Waals surface area contributed by atoms with E-state index in [1.165, 1.54) is 6.21 Å². The number of rotatable bonds is 5. The van der Waals surface area contributed by atoms with E-state index >= 15 is 0 Å². The summed E-state index contributed by atoms with van der Waals surface area (Å²) in [4.78, 5) is 11.6. The number of halogens is 1. The smallest absolute Gasteiger partial charge is 0.277 e. The minimum atomic E-state index is -0.324. The summed E-state index contributed by atoms with van der Waals surface area (Å²) < 4.78 is 5.36. The number of amides is 1. The van der Waals surface area contributed by atoms with Gasteiger partial charge < -0.3 is 4.74 Å². The van der Waals surface area contributed by atoms with Crippen LogP contribution in [0, 0.1) is 6.92 Å². The molecule has 0 fully saturated rings. The fraction of sp³-hybridized carbons (Fsp3) is 0.125. The van der Waals surface area contributed by atoms with E-state index in [0.29, 0.717) is 10.8 Å². The van der Waals surface area contributed by atoms with Crippen LogP contribution < -0.4 is 10.2 Å². The highest BCUT2D eigenvalue weighted by Gasteiger charge is 2.01. The zero-order chi connectivity index (χ0) is 15.1. The maximum absolute atomic E-state index is 11.6. The molecule has 0 unspecified atom stereocenters. The van der Waals surface area contributed by atoms with Gasteiger partial charge in [0.15, 0.2) is 6.61 Å². The molecule has 1 amide bonds. The summed E-state index contributed by atoms with van der Waals surface area (Å²) in [5, 5.41) is 4.47. The van der Waals surface area contributed by atoms with Gasteiger partial charge >= 0.3 is 0 Å².